The van der Waals surface area contributed by atoms with E-state index in [0.29, 0.717) is 20.6 Å². The summed E-state index contributed by atoms with van der Waals surface area (Å²) in [7, 11) is 0. The monoisotopic (exact) mass is 1590 g/mol. The Morgan fingerprint density at radius 2 is 0.762 bits per heavy atom. The van der Waals surface area contributed by atoms with Crippen LogP contribution < -0.4 is 0 Å². The molecule has 105 heavy (non-hydrogen) atoms. The molecule has 0 amide bonds. The van der Waals surface area contributed by atoms with Gasteiger partial charge in [-0.3, -0.25) is 0 Å². The predicted molar refractivity (Wildman–Crippen MR) is 431 cm³/mol. The zero-order chi connectivity index (χ0) is 76.0. The lowest BCUT2D eigenvalue weighted by molar-refractivity contribution is -0.167. The Bertz CT molecular complexity index is 5450. The Morgan fingerprint density at radius 3 is 1.09 bits per heavy atom. The number of imidazole rings is 2. The predicted octanol–water partition coefficient (Wildman–Crippen LogP) is 23.2. The van der Waals surface area contributed by atoms with Crippen LogP contribution >= 0.6 is 84.7 Å². The number of benzene rings is 6. The van der Waals surface area contributed by atoms with Gasteiger partial charge in [0.1, 0.15) is 21.7 Å². The quantitative estimate of drug-likeness (QED) is 0.0899. The number of aliphatic carboxylic acids is 1. The van der Waals surface area contributed by atoms with Crippen LogP contribution in [-0.2, 0) is 38.1 Å². The van der Waals surface area contributed by atoms with E-state index >= 15 is 0 Å². The minimum Gasteiger partial charge on any atom is -0.479 e. The number of hydrogen-bond donors (Lipinski definition) is 1. The number of ether oxygens (including phenoxy) is 5. The van der Waals surface area contributed by atoms with Gasteiger partial charge in [0, 0.05) is 72.0 Å². The number of hydrogen-bond acceptors (Lipinski definition) is 16. The third kappa shape index (κ3) is 17.4. The van der Waals surface area contributed by atoms with E-state index < -0.39 is 53.0 Å². The van der Waals surface area contributed by atoms with Crippen molar-refractivity contribution in [3.8, 4) is 54.5 Å². The smallest absolute Gasteiger partial charge is 0.339 e. The summed E-state index contributed by atoms with van der Waals surface area (Å²) in [5.41, 5.74) is 17.0. The fourth-order valence-electron chi connectivity index (χ4n) is 12.9. The molecule has 7 aromatic heterocycles. The van der Waals surface area contributed by atoms with Gasteiger partial charge in [0.25, 0.3) is 0 Å². The van der Waals surface area contributed by atoms with Gasteiger partial charge < -0.3 is 37.6 Å². The van der Waals surface area contributed by atoms with Crippen molar-refractivity contribution in [3.63, 3.8) is 0 Å². The molecule has 0 aliphatic rings. The second-order valence-corrected chi connectivity index (χ2v) is 34.1. The number of aromatic nitrogens is 7. The van der Waals surface area contributed by atoms with Crippen molar-refractivity contribution in [3.05, 3.63) is 203 Å². The fourth-order valence-corrected chi connectivity index (χ4v) is 17.0. The van der Waals surface area contributed by atoms with Gasteiger partial charge in [-0.2, -0.15) is 0 Å². The van der Waals surface area contributed by atoms with Crippen molar-refractivity contribution in [1.82, 2.24) is 33.7 Å². The van der Waals surface area contributed by atoms with E-state index in [9.17, 15) is 19.5 Å². The van der Waals surface area contributed by atoms with Crippen molar-refractivity contribution in [2.75, 3.05) is 13.2 Å². The zero-order valence-corrected chi connectivity index (χ0v) is 68.2. The number of carbonyl (C=O) groups excluding carboxylic acids is 2. The van der Waals surface area contributed by atoms with Gasteiger partial charge in [-0.1, -0.05) is 71.2 Å². The maximum Gasteiger partial charge on any atom is 0.339 e. The second kappa shape index (κ2) is 31.4. The molecule has 13 rings (SSSR count). The summed E-state index contributed by atoms with van der Waals surface area (Å²) in [6, 6.07) is 37.0. The van der Waals surface area contributed by atoms with Crippen LogP contribution in [0.25, 0.3) is 96.2 Å². The number of pyridine rings is 2. The Kier molecular flexibility index (Phi) is 23.4. The molecule has 16 nitrogen and oxygen atoms in total. The van der Waals surface area contributed by atoms with Crippen LogP contribution in [-0.4, -0.2) is 86.8 Å². The number of esters is 2. The highest BCUT2D eigenvalue weighted by Crippen LogP contribution is 2.49. The number of fused-ring (bicyclic) bond motifs is 5. The summed E-state index contributed by atoms with van der Waals surface area (Å²) < 4.78 is 37.4. The number of thiazole rings is 3. The van der Waals surface area contributed by atoms with Crippen LogP contribution in [0.15, 0.2) is 132 Å². The van der Waals surface area contributed by atoms with Crippen molar-refractivity contribution < 1.29 is 43.2 Å². The van der Waals surface area contributed by atoms with Crippen molar-refractivity contribution in [2.24, 2.45) is 0 Å². The van der Waals surface area contributed by atoms with Crippen molar-refractivity contribution in [1.29, 1.82) is 0 Å². The average Bonchev–Trinajstić information content (AvgIpc) is 1.65. The van der Waals surface area contributed by atoms with E-state index in [4.69, 9.17) is 68.5 Å². The molecule has 6 aromatic carbocycles. The third-order valence-electron chi connectivity index (χ3n) is 17.1. The van der Waals surface area contributed by atoms with E-state index in [0.717, 1.165) is 151 Å². The van der Waals surface area contributed by atoms with Crippen LogP contribution in [0.3, 0.4) is 0 Å². The summed E-state index contributed by atoms with van der Waals surface area (Å²) >= 11 is 26.7. The molecule has 23 heteroatoms. The van der Waals surface area contributed by atoms with Gasteiger partial charge in [-0.15, -0.1) is 34.0 Å². The molecule has 0 fully saturated rings. The fraction of sp³-hybridized carbons (Fsp3) is 0.317. The first-order valence-electron chi connectivity index (χ1n) is 34.3. The van der Waals surface area contributed by atoms with Gasteiger partial charge in [0.2, 0.25) is 0 Å². The highest BCUT2D eigenvalue weighted by Gasteiger charge is 2.37. The summed E-state index contributed by atoms with van der Waals surface area (Å²) in [4.78, 5) is 62.6. The SMILES string of the molecule is CCOC(=O)[C@@H](OC(C)(C)C)c1c(C)cc2nc(-c3ccn4c(C)nc(C)c4c3)sc2c1-c1ccc(Cl)cc1.CCOC(=O)[C@@H](OC(C)(C)C)c1c(C)cc2nc(Br)sc2c1-c1ccc(Cl)cc1.Cc1cc2nc(-c3ccn4c(C)nc(C)c4c3)sc2c(-c2ccc(Cl)cc2)c1[C@H](OC(C)(C)C)C(=O)O. The van der Waals surface area contributed by atoms with Crippen LogP contribution in [0.2, 0.25) is 15.1 Å². The van der Waals surface area contributed by atoms with Gasteiger partial charge in [0.15, 0.2) is 22.2 Å². The molecule has 0 aliphatic carbocycles. The van der Waals surface area contributed by atoms with Crippen LogP contribution in [0.1, 0.15) is 151 Å². The molecule has 0 unspecified atom stereocenters. The van der Waals surface area contributed by atoms with E-state index in [1.54, 1.807) is 36.5 Å². The average molecular weight is 1590 g/mol. The van der Waals surface area contributed by atoms with Crippen molar-refractivity contribution >= 4 is 144 Å². The summed E-state index contributed by atoms with van der Waals surface area (Å²) in [5.74, 6) is 0.0459. The number of halogens is 4. The number of carboxylic acids is 1. The molecule has 0 radical (unpaired) electrons. The molecule has 3 atom stereocenters. The first kappa shape index (κ1) is 78.1. The largest absolute Gasteiger partial charge is 0.479 e. The number of nitrogens with zero attached hydrogens (tertiary/aromatic N) is 7. The molecule has 546 valence electrons. The number of carbonyl (C=O) groups is 3. The van der Waals surface area contributed by atoms with Gasteiger partial charge in [0.05, 0.1) is 83.1 Å². The molecule has 7 heterocycles. The van der Waals surface area contributed by atoms with E-state index in [-0.39, 0.29) is 13.2 Å². The zero-order valence-electron chi connectivity index (χ0n) is 61.9. The number of rotatable bonds is 16. The normalized spacial score (nSPS) is 12.9. The summed E-state index contributed by atoms with van der Waals surface area (Å²) in [6.07, 6.45) is 1.15. The second-order valence-electron chi connectivity index (χ2n) is 28.5. The Hall–Kier alpha value is -7.99. The maximum absolute atomic E-state index is 13.3. The highest BCUT2D eigenvalue weighted by molar-refractivity contribution is 9.11. The molecule has 0 saturated heterocycles. The van der Waals surface area contributed by atoms with E-state index in [2.05, 4.69) is 57.9 Å². The van der Waals surface area contributed by atoms with Crippen LogP contribution in [0.4, 0.5) is 0 Å². The molecular formula is C82H83BrCl3N7O9S3. The number of aryl methyl sites for hydroxylation is 7. The van der Waals surface area contributed by atoms with E-state index in [1.807, 2.05) is 220 Å². The topological polar surface area (TPSA) is 191 Å². The molecule has 1 N–H and O–H groups in total. The molecule has 0 spiro atoms. The molecule has 0 saturated carbocycles. The lowest BCUT2D eigenvalue weighted by Crippen LogP contribution is -2.29. The van der Waals surface area contributed by atoms with E-state index in [1.165, 1.54) is 11.3 Å². The molecule has 13 aromatic rings. The maximum atomic E-state index is 13.3. The minimum absolute atomic E-state index is 0.265. The van der Waals surface area contributed by atoms with Crippen LogP contribution in [0, 0.1) is 48.5 Å². The van der Waals surface area contributed by atoms with Gasteiger partial charge in [-0.25, -0.2) is 39.3 Å². The highest BCUT2D eigenvalue weighted by atomic mass is 79.9. The first-order chi connectivity index (χ1) is 49.5. The number of carboxylic acid groups (broad SMARTS) is 1. The van der Waals surface area contributed by atoms with Gasteiger partial charge in [-0.05, 0) is 253 Å². The first-order valence-corrected chi connectivity index (χ1v) is 38.6. The molecule has 0 aliphatic heterocycles. The summed E-state index contributed by atoms with van der Waals surface area (Å²) in [5, 5.41) is 13.9. The van der Waals surface area contributed by atoms with Crippen LogP contribution in [0.5, 0.6) is 0 Å². The standard InChI is InChI=1S/C31H32ClN3O3S.C29H28ClN3O3S.C22H23BrClNO3S/c1-8-37-30(36)27(38-31(5,6)7)25-17(2)15-23-28(26(25)20-9-11-22(32)12-10-20)39-29(34-23)21-13-14-35-19(4)33-18(3)24(35)16-21;1-15-13-21-26(37-27(32-21)19-11-12-33-17(3)31-16(2)22(33)14-19)24(18-7-9-20(30)10-8-18)23(15)25(28(34)35)36-29(4,5)6;1-6-27-20(26)18(28-22(3,4)5)16-12(2)11-15-19(29-21(23)25-15)17(16)13-7-9-14(24)10-8-13/h9-16,27H,8H2,1-7H3;7-14,25H,1-6H3,(H,34,35);7-11,18H,6H2,1-5H3/t27-;25-;18-/m000/s1. The third-order valence-corrected chi connectivity index (χ3v) is 21.7. The lowest BCUT2D eigenvalue weighted by Gasteiger charge is -2.29. The minimum atomic E-state index is -1.14. The Labute approximate surface area is 646 Å². The lowest BCUT2D eigenvalue weighted by atomic mass is 9.91. The van der Waals surface area contributed by atoms with Crippen molar-refractivity contribution in [2.45, 2.75) is 160 Å². The molecular weight excluding hydrogens is 1510 g/mol. The Morgan fingerprint density at radius 1 is 0.448 bits per heavy atom. The summed E-state index contributed by atoms with van der Waals surface area (Å²) in [6.45, 7) is 35.2. The molecule has 0 bridgehead atoms. The van der Waals surface area contributed by atoms with Gasteiger partial charge >= 0.3 is 17.9 Å². The Balaban J connectivity index is 0.000000159.